The standard InChI is InChI=1S/C20H20F2N2O2/c1-13-4-7-18-14(11-13)3-2-10-24(18)19(25)8-9-23-20(26)16-6-5-15(21)12-17(16)22/h4-7,11-12H,2-3,8-10H2,1H3,(H,23,26). The van der Waals surface area contributed by atoms with Gasteiger partial charge in [0.15, 0.2) is 0 Å². The molecule has 2 aromatic carbocycles. The molecule has 1 N–H and O–H groups in total. The van der Waals surface area contributed by atoms with Crippen molar-refractivity contribution in [2.75, 3.05) is 18.0 Å². The van der Waals surface area contributed by atoms with Crippen LogP contribution in [0.1, 0.15) is 34.3 Å². The first-order chi connectivity index (χ1) is 12.5. The topological polar surface area (TPSA) is 49.4 Å². The minimum atomic E-state index is -0.922. The fourth-order valence-electron chi connectivity index (χ4n) is 3.17. The molecule has 0 saturated carbocycles. The third kappa shape index (κ3) is 3.90. The third-order valence-corrected chi connectivity index (χ3v) is 4.45. The summed E-state index contributed by atoms with van der Waals surface area (Å²) in [5.74, 6) is -2.41. The molecule has 1 aliphatic rings. The zero-order chi connectivity index (χ0) is 18.7. The van der Waals surface area contributed by atoms with E-state index in [1.165, 1.54) is 0 Å². The Morgan fingerprint density at radius 2 is 1.96 bits per heavy atom. The molecule has 0 aromatic heterocycles. The van der Waals surface area contributed by atoms with Crippen LogP contribution in [0, 0.1) is 18.6 Å². The molecule has 0 saturated heterocycles. The second-order valence-electron chi connectivity index (χ2n) is 6.41. The van der Waals surface area contributed by atoms with Crippen molar-refractivity contribution in [3.8, 4) is 0 Å². The van der Waals surface area contributed by atoms with Gasteiger partial charge in [0.2, 0.25) is 5.91 Å². The Morgan fingerprint density at radius 1 is 1.15 bits per heavy atom. The molecule has 2 aromatic rings. The van der Waals surface area contributed by atoms with E-state index in [0.717, 1.165) is 41.8 Å². The Morgan fingerprint density at radius 3 is 2.73 bits per heavy atom. The average Bonchev–Trinajstić information content (AvgIpc) is 2.60. The first kappa shape index (κ1) is 18.0. The van der Waals surface area contributed by atoms with Crippen molar-refractivity contribution in [3.63, 3.8) is 0 Å². The van der Waals surface area contributed by atoms with Gasteiger partial charge in [-0.2, -0.15) is 0 Å². The normalized spacial score (nSPS) is 13.3. The number of fused-ring (bicyclic) bond motifs is 1. The Bertz CT molecular complexity index is 852. The van der Waals surface area contributed by atoms with E-state index in [0.29, 0.717) is 12.6 Å². The minimum absolute atomic E-state index is 0.0883. The minimum Gasteiger partial charge on any atom is -0.351 e. The van der Waals surface area contributed by atoms with Crippen LogP contribution in [-0.2, 0) is 11.2 Å². The molecule has 6 heteroatoms. The van der Waals surface area contributed by atoms with Crippen molar-refractivity contribution in [2.45, 2.75) is 26.2 Å². The van der Waals surface area contributed by atoms with Crippen molar-refractivity contribution in [2.24, 2.45) is 0 Å². The summed E-state index contributed by atoms with van der Waals surface area (Å²) >= 11 is 0. The van der Waals surface area contributed by atoms with Crippen LogP contribution in [0.2, 0.25) is 0 Å². The lowest BCUT2D eigenvalue weighted by Gasteiger charge is -2.30. The largest absolute Gasteiger partial charge is 0.351 e. The summed E-state index contributed by atoms with van der Waals surface area (Å²) in [6, 6.07) is 8.79. The summed E-state index contributed by atoms with van der Waals surface area (Å²) in [6.45, 7) is 2.76. The lowest BCUT2D eigenvalue weighted by Crippen LogP contribution is -2.37. The van der Waals surface area contributed by atoms with E-state index >= 15 is 0 Å². The molecule has 2 amide bonds. The lowest BCUT2D eigenvalue weighted by molar-refractivity contribution is -0.118. The maximum atomic E-state index is 13.6. The highest BCUT2D eigenvalue weighted by atomic mass is 19.1. The third-order valence-electron chi connectivity index (χ3n) is 4.45. The molecule has 1 aliphatic heterocycles. The van der Waals surface area contributed by atoms with Crippen LogP contribution in [0.5, 0.6) is 0 Å². The first-order valence-electron chi connectivity index (χ1n) is 8.59. The fraction of sp³-hybridized carbons (Fsp3) is 0.300. The first-order valence-corrected chi connectivity index (χ1v) is 8.59. The molecule has 0 radical (unpaired) electrons. The van der Waals surface area contributed by atoms with Crippen molar-refractivity contribution < 1.29 is 18.4 Å². The van der Waals surface area contributed by atoms with Gasteiger partial charge in [0.05, 0.1) is 5.56 Å². The van der Waals surface area contributed by atoms with Crippen molar-refractivity contribution >= 4 is 17.5 Å². The van der Waals surface area contributed by atoms with Crippen LogP contribution >= 0.6 is 0 Å². The number of nitrogens with zero attached hydrogens (tertiary/aromatic N) is 1. The second-order valence-corrected chi connectivity index (χ2v) is 6.41. The summed E-state index contributed by atoms with van der Waals surface area (Å²) in [4.78, 5) is 26.2. The number of hydrogen-bond acceptors (Lipinski definition) is 2. The van der Waals surface area contributed by atoms with E-state index in [-0.39, 0.29) is 24.4 Å². The molecule has 0 bridgehead atoms. The van der Waals surface area contributed by atoms with Gasteiger partial charge in [-0.3, -0.25) is 9.59 Å². The van der Waals surface area contributed by atoms with Crippen LogP contribution in [0.15, 0.2) is 36.4 Å². The van der Waals surface area contributed by atoms with Crippen molar-refractivity contribution in [1.29, 1.82) is 0 Å². The van der Waals surface area contributed by atoms with Gasteiger partial charge in [0, 0.05) is 31.3 Å². The Labute approximate surface area is 150 Å². The molecule has 0 spiro atoms. The number of carbonyl (C=O) groups excluding carboxylic acids is 2. The predicted octanol–water partition coefficient (Wildman–Crippen LogP) is 3.37. The maximum absolute atomic E-state index is 13.6. The molecule has 0 aliphatic carbocycles. The monoisotopic (exact) mass is 358 g/mol. The quantitative estimate of drug-likeness (QED) is 0.911. The molecular weight excluding hydrogens is 338 g/mol. The van der Waals surface area contributed by atoms with Gasteiger partial charge in [-0.25, -0.2) is 8.78 Å². The molecule has 0 atom stereocenters. The van der Waals surface area contributed by atoms with E-state index in [2.05, 4.69) is 11.4 Å². The van der Waals surface area contributed by atoms with E-state index in [9.17, 15) is 18.4 Å². The zero-order valence-electron chi connectivity index (χ0n) is 14.5. The Hall–Kier alpha value is -2.76. The van der Waals surface area contributed by atoms with Gasteiger partial charge in [-0.15, -0.1) is 0 Å². The number of halogens is 2. The molecule has 1 heterocycles. The summed E-state index contributed by atoms with van der Waals surface area (Å²) in [5, 5.41) is 2.51. The number of aryl methyl sites for hydroxylation is 2. The molecule has 4 nitrogen and oxygen atoms in total. The molecule has 136 valence electrons. The van der Waals surface area contributed by atoms with E-state index < -0.39 is 17.5 Å². The average molecular weight is 358 g/mol. The number of rotatable bonds is 4. The number of hydrogen-bond donors (Lipinski definition) is 1. The van der Waals surface area contributed by atoms with E-state index in [4.69, 9.17) is 0 Å². The lowest BCUT2D eigenvalue weighted by atomic mass is 9.99. The van der Waals surface area contributed by atoms with E-state index in [1.54, 1.807) is 4.90 Å². The van der Waals surface area contributed by atoms with Gasteiger partial charge in [-0.05, 0) is 43.5 Å². The van der Waals surface area contributed by atoms with Crippen LogP contribution in [0.3, 0.4) is 0 Å². The number of amides is 2. The fourth-order valence-corrected chi connectivity index (χ4v) is 3.17. The van der Waals surface area contributed by atoms with Crippen molar-refractivity contribution in [1.82, 2.24) is 5.32 Å². The molecule has 3 rings (SSSR count). The number of carbonyl (C=O) groups is 2. The Balaban J connectivity index is 1.59. The van der Waals surface area contributed by atoms with Gasteiger partial charge >= 0.3 is 0 Å². The SMILES string of the molecule is Cc1ccc2c(c1)CCCN2C(=O)CCNC(=O)c1ccc(F)cc1F. The van der Waals surface area contributed by atoms with Gasteiger partial charge in [0.25, 0.3) is 5.91 Å². The summed E-state index contributed by atoms with van der Waals surface area (Å²) in [5.41, 5.74) is 2.99. The predicted molar refractivity (Wildman–Crippen MR) is 95.2 cm³/mol. The smallest absolute Gasteiger partial charge is 0.254 e. The van der Waals surface area contributed by atoms with Crippen molar-refractivity contribution in [3.05, 3.63) is 64.7 Å². The molecule has 0 fully saturated rings. The summed E-state index contributed by atoms with van der Waals surface area (Å²) in [7, 11) is 0. The zero-order valence-corrected chi connectivity index (χ0v) is 14.5. The Kier molecular flexibility index (Phi) is 5.30. The van der Waals surface area contributed by atoms with E-state index in [1.807, 2.05) is 19.1 Å². The summed E-state index contributed by atoms with van der Waals surface area (Å²) < 4.78 is 26.5. The van der Waals surface area contributed by atoms with Crippen LogP contribution in [0.4, 0.5) is 14.5 Å². The summed E-state index contributed by atoms with van der Waals surface area (Å²) in [6.07, 6.45) is 1.96. The number of nitrogens with one attached hydrogen (secondary N) is 1. The number of anilines is 1. The van der Waals surface area contributed by atoms with Gasteiger partial charge in [-0.1, -0.05) is 17.7 Å². The highest BCUT2D eigenvalue weighted by Crippen LogP contribution is 2.28. The molecule has 0 unspecified atom stereocenters. The molecule has 26 heavy (non-hydrogen) atoms. The second kappa shape index (κ2) is 7.64. The highest BCUT2D eigenvalue weighted by Gasteiger charge is 2.22. The van der Waals surface area contributed by atoms with Crippen LogP contribution in [0.25, 0.3) is 0 Å². The number of benzene rings is 2. The van der Waals surface area contributed by atoms with Crippen LogP contribution in [-0.4, -0.2) is 24.9 Å². The maximum Gasteiger partial charge on any atom is 0.254 e. The van der Waals surface area contributed by atoms with Gasteiger partial charge < -0.3 is 10.2 Å². The van der Waals surface area contributed by atoms with Gasteiger partial charge in [0.1, 0.15) is 11.6 Å². The molecular formula is C20H20F2N2O2. The highest BCUT2D eigenvalue weighted by molar-refractivity contribution is 5.96. The van der Waals surface area contributed by atoms with Crippen LogP contribution < -0.4 is 10.2 Å².